The predicted molar refractivity (Wildman–Crippen MR) is 118 cm³/mol. The highest BCUT2D eigenvalue weighted by molar-refractivity contribution is 5.92. The zero-order chi connectivity index (χ0) is 20.6. The van der Waals surface area contributed by atoms with Crippen LogP contribution < -0.4 is 25.0 Å². The Kier molecular flexibility index (Phi) is 7.22. The van der Waals surface area contributed by atoms with Crippen LogP contribution in [0.15, 0.2) is 42.5 Å². The number of methoxy groups -OCH3 is 2. The van der Waals surface area contributed by atoms with E-state index < -0.39 is 0 Å². The maximum atomic E-state index is 12.3. The second-order valence-corrected chi connectivity index (χ2v) is 7.51. The molecule has 6 nitrogen and oxygen atoms in total. The first kappa shape index (κ1) is 20.8. The fourth-order valence-corrected chi connectivity index (χ4v) is 3.50. The highest BCUT2D eigenvalue weighted by Crippen LogP contribution is 2.29. The summed E-state index contributed by atoms with van der Waals surface area (Å²) < 4.78 is 10.5. The average molecular weight is 398 g/mol. The van der Waals surface area contributed by atoms with Crippen molar-refractivity contribution < 1.29 is 14.3 Å². The third-order valence-corrected chi connectivity index (χ3v) is 5.38. The lowest BCUT2D eigenvalue weighted by molar-refractivity contribution is -0.116. The lowest BCUT2D eigenvalue weighted by Gasteiger charge is -2.32. The predicted octanol–water partition coefficient (Wildman–Crippen LogP) is 4.38. The molecule has 6 heteroatoms. The van der Waals surface area contributed by atoms with Gasteiger partial charge in [-0.05, 0) is 55.2 Å². The van der Waals surface area contributed by atoms with Crippen LogP contribution in [0.3, 0.4) is 0 Å². The van der Waals surface area contributed by atoms with Crippen molar-refractivity contribution in [2.75, 3.05) is 49.4 Å². The van der Waals surface area contributed by atoms with Gasteiger partial charge in [-0.15, -0.1) is 0 Å². The van der Waals surface area contributed by atoms with Gasteiger partial charge in [-0.1, -0.05) is 6.92 Å². The average Bonchev–Trinajstić information content (AvgIpc) is 2.75. The van der Waals surface area contributed by atoms with Crippen LogP contribution in [0, 0.1) is 5.92 Å². The van der Waals surface area contributed by atoms with Gasteiger partial charge in [-0.2, -0.15) is 0 Å². The molecule has 0 radical (unpaired) electrons. The summed E-state index contributed by atoms with van der Waals surface area (Å²) in [5.74, 6) is 2.02. The molecule has 0 aromatic heterocycles. The molecular formula is C23H31N3O3. The quantitative estimate of drug-likeness (QED) is 0.692. The van der Waals surface area contributed by atoms with E-state index >= 15 is 0 Å². The van der Waals surface area contributed by atoms with Crippen LogP contribution in [0.5, 0.6) is 11.5 Å². The van der Waals surface area contributed by atoms with Gasteiger partial charge in [0, 0.05) is 43.5 Å². The minimum atomic E-state index is -0.0805. The van der Waals surface area contributed by atoms with Crippen LogP contribution >= 0.6 is 0 Å². The summed E-state index contributed by atoms with van der Waals surface area (Å²) in [5, 5.41) is 6.20. The van der Waals surface area contributed by atoms with Crippen molar-refractivity contribution in [1.82, 2.24) is 0 Å². The van der Waals surface area contributed by atoms with Crippen molar-refractivity contribution >= 4 is 23.0 Å². The second kappa shape index (κ2) is 10.0. The van der Waals surface area contributed by atoms with Crippen molar-refractivity contribution in [2.24, 2.45) is 5.92 Å². The number of carbonyl (C=O) groups excluding carboxylic acids is 1. The van der Waals surface area contributed by atoms with E-state index in [4.69, 9.17) is 9.47 Å². The second-order valence-electron chi connectivity index (χ2n) is 7.51. The highest BCUT2D eigenvalue weighted by Gasteiger charge is 2.15. The van der Waals surface area contributed by atoms with Crippen molar-refractivity contribution in [3.8, 4) is 11.5 Å². The molecule has 0 aliphatic carbocycles. The number of nitrogens with one attached hydrogen (secondary N) is 2. The van der Waals surface area contributed by atoms with Gasteiger partial charge in [0.15, 0.2) is 0 Å². The van der Waals surface area contributed by atoms with E-state index in [0.717, 1.165) is 24.7 Å². The van der Waals surface area contributed by atoms with Crippen LogP contribution in [0.2, 0.25) is 0 Å². The number of anilines is 3. The Morgan fingerprint density at radius 2 is 1.79 bits per heavy atom. The summed E-state index contributed by atoms with van der Waals surface area (Å²) in [6.45, 7) is 5.13. The van der Waals surface area contributed by atoms with Gasteiger partial charge in [-0.3, -0.25) is 4.79 Å². The smallest absolute Gasteiger partial charge is 0.226 e. The standard InChI is InChI=1S/C23H31N3O3/c1-17-11-14-26(15-12-17)19-6-4-18(5-7-19)24-13-10-23(27)25-21-16-20(28-2)8-9-22(21)29-3/h4-9,16-17,24H,10-15H2,1-3H3,(H,25,27). The molecule has 1 aliphatic rings. The third kappa shape index (κ3) is 5.79. The van der Waals surface area contributed by atoms with E-state index in [9.17, 15) is 4.79 Å². The van der Waals surface area contributed by atoms with E-state index in [1.807, 2.05) is 0 Å². The first-order valence-electron chi connectivity index (χ1n) is 10.2. The Labute approximate surface area is 173 Å². The fourth-order valence-electron chi connectivity index (χ4n) is 3.50. The molecule has 2 aromatic rings. The van der Waals surface area contributed by atoms with Crippen LogP contribution in [0.1, 0.15) is 26.2 Å². The molecule has 1 amide bonds. The molecule has 2 aromatic carbocycles. The molecule has 1 heterocycles. The number of hydrogen-bond acceptors (Lipinski definition) is 5. The SMILES string of the molecule is COc1ccc(OC)c(NC(=O)CCNc2ccc(N3CCC(C)CC3)cc2)c1. The minimum absolute atomic E-state index is 0.0805. The normalized spacial score (nSPS) is 14.4. The van der Waals surface area contributed by atoms with Gasteiger partial charge in [0.05, 0.1) is 19.9 Å². The van der Waals surface area contributed by atoms with Gasteiger partial charge in [0.1, 0.15) is 11.5 Å². The Morgan fingerprint density at radius 3 is 2.45 bits per heavy atom. The van der Waals surface area contributed by atoms with Crippen molar-refractivity contribution in [3.63, 3.8) is 0 Å². The zero-order valence-electron chi connectivity index (χ0n) is 17.5. The van der Waals surface area contributed by atoms with Gasteiger partial charge < -0.3 is 25.0 Å². The molecule has 0 unspecified atom stereocenters. The molecular weight excluding hydrogens is 366 g/mol. The molecule has 0 bridgehead atoms. The number of ether oxygens (including phenoxy) is 2. The Balaban J connectivity index is 1.47. The molecule has 3 rings (SSSR count). The third-order valence-electron chi connectivity index (χ3n) is 5.38. The highest BCUT2D eigenvalue weighted by atomic mass is 16.5. The molecule has 29 heavy (non-hydrogen) atoms. The van der Waals surface area contributed by atoms with E-state index in [-0.39, 0.29) is 5.91 Å². The number of hydrogen-bond donors (Lipinski definition) is 2. The number of rotatable bonds is 8. The molecule has 0 spiro atoms. The van der Waals surface area contributed by atoms with Gasteiger partial charge in [0.2, 0.25) is 5.91 Å². The maximum Gasteiger partial charge on any atom is 0.226 e. The molecule has 156 valence electrons. The Hall–Kier alpha value is -2.89. The Bertz CT molecular complexity index is 800. The van der Waals surface area contributed by atoms with Gasteiger partial charge in [0.25, 0.3) is 0 Å². The largest absolute Gasteiger partial charge is 0.497 e. The number of amides is 1. The molecule has 0 atom stereocenters. The summed E-state index contributed by atoms with van der Waals surface area (Å²) in [5.41, 5.74) is 2.90. The van der Waals surface area contributed by atoms with Crippen LogP contribution in [0.4, 0.5) is 17.1 Å². The summed E-state index contributed by atoms with van der Waals surface area (Å²) in [7, 11) is 3.17. The number of nitrogens with zero attached hydrogens (tertiary/aromatic N) is 1. The first-order chi connectivity index (χ1) is 14.1. The summed E-state index contributed by atoms with van der Waals surface area (Å²) in [6, 6.07) is 13.8. The van der Waals surface area contributed by atoms with Crippen LogP contribution in [-0.2, 0) is 4.79 Å². The number of piperidine rings is 1. The number of carbonyl (C=O) groups is 1. The van der Waals surface area contributed by atoms with Crippen molar-refractivity contribution in [3.05, 3.63) is 42.5 Å². The van der Waals surface area contributed by atoms with Crippen molar-refractivity contribution in [1.29, 1.82) is 0 Å². The summed E-state index contributed by atoms with van der Waals surface area (Å²) >= 11 is 0. The topological polar surface area (TPSA) is 62.8 Å². The summed E-state index contributed by atoms with van der Waals surface area (Å²) in [4.78, 5) is 14.7. The monoisotopic (exact) mass is 397 g/mol. The van der Waals surface area contributed by atoms with E-state index in [0.29, 0.717) is 30.2 Å². The van der Waals surface area contributed by atoms with Crippen LogP contribution in [-0.4, -0.2) is 39.8 Å². The maximum absolute atomic E-state index is 12.3. The van der Waals surface area contributed by atoms with Crippen LogP contribution in [0.25, 0.3) is 0 Å². The number of benzene rings is 2. The van der Waals surface area contributed by atoms with E-state index in [1.165, 1.54) is 18.5 Å². The van der Waals surface area contributed by atoms with Gasteiger partial charge >= 0.3 is 0 Å². The molecule has 1 saturated heterocycles. The summed E-state index contributed by atoms with van der Waals surface area (Å²) in [6.07, 6.45) is 2.87. The molecule has 1 fully saturated rings. The first-order valence-corrected chi connectivity index (χ1v) is 10.2. The molecule has 0 saturated carbocycles. The lowest BCUT2D eigenvalue weighted by atomic mass is 9.99. The molecule has 1 aliphatic heterocycles. The Morgan fingerprint density at radius 1 is 1.07 bits per heavy atom. The zero-order valence-corrected chi connectivity index (χ0v) is 17.5. The minimum Gasteiger partial charge on any atom is -0.497 e. The van der Waals surface area contributed by atoms with Crippen molar-refractivity contribution in [2.45, 2.75) is 26.2 Å². The fraction of sp³-hybridized carbons (Fsp3) is 0.435. The van der Waals surface area contributed by atoms with E-state index in [2.05, 4.69) is 46.7 Å². The van der Waals surface area contributed by atoms with E-state index in [1.54, 1.807) is 32.4 Å². The molecule has 2 N–H and O–H groups in total. The van der Waals surface area contributed by atoms with Gasteiger partial charge in [-0.25, -0.2) is 0 Å². The lowest BCUT2D eigenvalue weighted by Crippen LogP contribution is -2.32.